The molecule has 1 atom stereocenters. The average Bonchev–Trinajstić information content (AvgIpc) is 3.16. The molecule has 3 aromatic rings. The summed E-state index contributed by atoms with van der Waals surface area (Å²) in [4.78, 5) is 15.3. The summed E-state index contributed by atoms with van der Waals surface area (Å²) in [6, 6.07) is 7.28. The largest absolute Gasteiger partial charge is 0.378 e. The Morgan fingerprint density at radius 2 is 2.10 bits per heavy atom. The molecule has 5 rings (SSSR count). The summed E-state index contributed by atoms with van der Waals surface area (Å²) in [5, 5.41) is 7.82. The summed E-state index contributed by atoms with van der Waals surface area (Å²) in [6.07, 6.45) is 9.04. The number of piperidine rings is 1. The molecule has 2 aromatic heterocycles. The zero-order valence-corrected chi connectivity index (χ0v) is 16.5. The van der Waals surface area contributed by atoms with Crippen molar-refractivity contribution in [2.75, 3.05) is 31.6 Å². The molecule has 0 spiro atoms. The first-order valence-corrected chi connectivity index (χ1v) is 10.1. The fraction of sp³-hybridized carbons (Fsp3) is 0.429. The first-order valence-electron chi connectivity index (χ1n) is 10.1. The van der Waals surface area contributed by atoms with Crippen LogP contribution < -0.4 is 5.32 Å². The lowest BCUT2D eigenvalue weighted by Crippen LogP contribution is -2.52. The zero-order valence-electron chi connectivity index (χ0n) is 16.5. The number of hydrogen-bond acceptors (Lipinski definition) is 7. The third-order valence-corrected chi connectivity index (χ3v) is 5.69. The van der Waals surface area contributed by atoms with E-state index in [1.807, 2.05) is 0 Å². The monoisotopic (exact) mass is 393 g/mol. The van der Waals surface area contributed by atoms with E-state index in [1.54, 1.807) is 29.6 Å². The van der Waals surface area contributed by atoms with Crippen LogP contribution in [0.5, 0.6) is 0 Å². The SMILES string of the molecule is Cc1cc(Nc2ncn(-c3cnccn3)n2)cc(C2CCCN(C3COC3)C2)c1.[HH]. The first kappa shape index (κ1) is 18.2. The third-order valence-electron chi connectivity index (χ3n) is 5.69. The molecule has 152 valence electrons. The predicted molar refractivity (Wildman–Crippen MR) is 112 cm³/mol. The van der Waals surface area contributed by atoms with Crippen LogP contribution in [-0.4, -0.2) is 62.0 Å². The highest BCUT2D eigenvalue weighted by Crippen LogP contribution is 2.32. The lowest BCUT2D eigenvalue weighted by molar-refractivity contribution is -0.0721. The maximum Gasteiger partial charge on any atom is 0.247 e. The van der Waals surface area contributed by atoms with E-state index >= 15 is 0 Å². The minimum atomic E-state index is 0. The lowest BCUT2D eigenvalue weighted by Gasteiger charge is -2.42. The van der Waals surface area contributed by atoms with Gasteiger partial charge >= 0.3 is 0 Å². The Hall–Kier alpha value is -2.84. The highest BCUT2D eigenvalue weighted by atomic mass is 16.5. The quantitative estimate of drug-likeness (QED) is 0.714. The molecule has 0 aliphatic carbocycles. The van der Waals surface area contributed by atoms with Gasteiger partial charge in [0.25, 0.3) is 0 Å². The smallest absolute Gasteiger partial charge is 0.247 e. The molecule has 1 unspecified atom stereocenters. The summed E-state index contributed by atoms with van der Waals surface area (Å²) in [5.74, 6) is 1.74. The van der Waals surface area contributed by atoms with Crippen LogP contribution in [0.25, 0.3) is 5.82 Å². The van der Waals surface area contributed by atoms with Crippen molar-refractivity contribution in [1.29, 1.82) is 0 Å². The van der Waals surface area contributed by atoms with Crippen LogP contribution in [0.15, 0.2) is 43.1 Å². The Morgan fingerprint density at radius 1 is 1.17 bits per heavy atom. The van der Waals surface area contributed by atoms with Gasteiger partial charge in [-0.05, 0) is 55.5 Å². The van der Waals surface area contributed by atoms with Gasteiger partial charge in [-0.2, -0.15) is 9.67 Å². The number of rotatable bonds is 5. The fourth-order valence-corrected chi connectivity index (χ4v) is 4.13. The topological polar surface area (TPSA) is 81.0 Å². The molecule has 2 aliphatic heterocycles. The Morgan fingerprint density at radius 3 is 2.90 bits per heavy atom. The van der Waals surface area contributed by atoms with Crippen LogP contribution in [0.2, 0.25) is 0 Å². The van der Waals surface area contributed by atoms with E-state index < -0.39 is 0 Å². The molecule has 0 radical (unpaired) electrons. The van der Waals surface area contributed by atoms with Crippen molar-refractivity contribution in [3.63, 3.8) is 0 Å². The van der Waals surface area contributed by atoms with Gasteiger partial charge < -0.3 is 10.1 Å². The first-order chi connectivity index (χ1) is 14.2. The molecule has 2 aliphatic rings. The number of aryl methyl sites for hydroxylation is 1. The van der Waals surface area contributed by atoms with E-state index in [2.05, 4.69) is 55.4 Å². The standard InChI is InChI=1S/C21H25N7O.H2/c1-15-7-17(16-3-2-6-27(11-16)19-12-29-13-19)9-18(8-15)25-21-24-14-28(26-21)20-10-22-4-5-23-20;/h4-5,7-10,14,16,19H,2-3,6,11-13H2,1H3,(H,25,26);1H. The zero-order chi connectivity index (χ0) is 19.6. The summed E-state index contributed by atoms with van der Waals surface area (Å²) < 4.78 is 7.01. The summed E-state index contributed by atoms with van der Waals surface area (Å²) in [6.45, 7) is 6.20. The van der Waals surface area contributed by atoms with Crippen LogP contribution in [-0.2, 0) is 4.74 Å². The van der Waals surface area contributed by atoms with Crippen LogP contribution in [0.4, 0.5) is 11.6 Å². The Kier molecular flexibility index (Phi) is 4.95. The second-order valence-electron chi connectivity index (χ2n) is 7.86. The molecule has 8 heteroatoms. The second kappa shape index (κ2) is 7.88. The summed E-state index contributed by atoms with van der Waals surface area (Å²) in [5.41, 5.74) is 3.63. The lowest BCUT2D eigenvalue weighted by atomic mass is 9.88. The van der Waals surface area contributed by atoms with E-state index in [-0.39, 0.29) is 1.43 Å². The number of benzene rings is 1. The molecular formula is C21H27N7O. The molecule has 1 aromatic carbocycles. The van der Waals surface area contributed by atoms with Gasteiger partial charge in [0.2, 0.25) is 5.95 Å². The molecular weight excluding hydrogens is 366 g/mol. The van der Waals surface area contributed by atoms with Gasteiger partial charge in [0.15, 0.2) is 5.82 Å². The van der Waals surface area contributed by atoms with Crippen molar-refractivity contribution in [2.24, 2.45) is 0 Å². The molecule has 1 N–H and O–H groups in total. The van der Waals surface area contributed by atoms with Crippen molar-refractivity contribution in [3.05, 3.63) is 54.2 Å². The highest BCUT2D eigenvalue weighted by molar-refractivity contribution is 5.56. The number of nitrogens with one attached hydrogen (secondary N) is 1. The van der Waals surface area contributed by atoms with Gasteiger partial charge in [0, 0.05) is 26.1 Å². The summed E-state index contributed by atoms with van der Waals surface area (Å²) in [7, 11) is 0. The van der Waals surface area contributed by atoms with Crippen molar-refractivity contribution >= 4 is 11.6 Å². The van der Waals surface area contributed by atoms with Gasteiger partial charge in [-0.1, -0.05) is 6.07 Å². The van der Waals surface area contributed by atoms with Gasteiger partial charge in [-0.15, -0.1) is 5.10 Å². The van der Waals surface area contributed by atoms with E-state index in [0.29, 0.717) is 23.7 Å². The Labute approximate surface area is 171 Å². The second-order valence-corrected chi connectivity index (χ2v) is 7.86. The molecule has 4 heterocycles. The maximum absolute atomic E-state index is 5.39. The number of likely N-dealkylation sites (tertiary alicyclic amines) is 1. The molecule has 0 saturated carbocycles. The van der Waals surface area contributed by atoms with Crippen molar-refractivity contribution in [3.8, 4) is 5.82 Å². The number of hydrogen-bond donors (Lipinski definition) is 1. The van der Waals surface area contributed by atoms with Crippen LogP contribution in [0.3, 0.4) is 0 Å². The van der Waals surface area contributed by atoms with Crippen molar-refractivity contribution < 1.29 is 6.16 Å². The highest BCUT2D eigenvalue weighted by Gasteiger charge is 2.31. The van der Waals surface area contributed by atoms with Gasteiger partial charge in [-0.25, -0.2) is 4.98 Å². The Bertz CT molecular complexity index is 976. The number of aromatic nitrogens is 5. The average molecular weight is 393 g/mol. The van der Waals surface area contributed by atoms with Gasteiger partial charge in [-0.3, -0.25) is 9.88 Å². The molecule has 0 bridgehead atoms. The fourth-order valence-electron chi connectivity index (χ4n) is 4.13. The maximum atomic E-state index is 5.39. The normalized spacial score (nSPS) is 20.4. The third kappa shape index (κ3) is 3.99. The molecule has 8 nitrogen and oxygen atoms in total. The predicted octanol–water partition coefficient (Wildman–Crippen LogP) is 2.93. The van der Waals surface area contributed by atoms with E-state index in [4.69, 9.17) is 4.74 Å². The van der Waals surface area contributed by atoms with E-state index in [1.165, 1.54) is 30.5 Å². The minimum absolute atomic E-state index is 0. The van der Waals surface area contributed by atoms with Crippen LogP contribution in [0.1, 0.15) is 31.3 Å². The van der Waals surface area contributed by atoms with Crippen LogP contribution >= 0.6 is 0 Å². The summed E-state index contributed by atoms with van der Waals surface area (Å²) >= 11 is 0. The Balaban J connectivity index is 0.00000218. The van der Waals surface area contributed by atoms with Gasteiger partial charge in [0.05, 0.1) is 25.5 Å². The number of anilines is 2. The van der Waals surface area contributed by atoms with E-state index in [0.717, 1.165) is 25.4 Å². The number of nitrogens with zero attached hydrogens (tertiary/aromatic N) is 6. The molecule has 29 heavy (non-hydrogen) atoms. The molecule has 2 fully saturated rings. The minimum Gasteiger partial charge on any atom is -0.378 e. The van der Waals surface area contributed by atoms with Crippen molar-refractivity contribution in [2.45, 2.75) is 31.7 Å². The number of ether oxygens (including phenoxy) is 1. The molecule has 2 saturated heterocycles. The van der Waals surface area contributed by atoms with Crippen molar-refractivity contribution in [1.82, 2.24) is 29.6 Å². The molecule has 0 amide bonds. The van der Waals surface area contributed by atoms with E-state index in [9.17, 15) is 0 Å². The van der Waals surface area contributed by atoms with Gasteiger partial charge in [0.1, 0.15) is 6.33 Å². The van der Waals surface area contributed by atoms with Crippen LogP contribution in [0, 0.1) is 6.92 Å².